The summed E-state index contributed by atoms with van der Waals surface area (Å²) < 4.78 is 32.0. The fraction of sp³-hybridized carbons (Fsp3) is 0.818. The first kappa shape index (κ1) is 33.5. The molecule has 0 heterocycles. The van der Waals surface area contributed by atoms with Crippen LogP contribution in [-0.4, -0.2) is 128 Å². The van der Waals surface area contributed by atoms with E-state index < -0.39 is 11.3 Å². The predicted octanol–water partition coefficient (Wildman–Crippen LogP) is -0.992. The quantitative estimate of drug-likeness (QED) is 0.0951. The van der Waals surface area contributed by atoms with Crippen molar-refractivity contribution in [3.05, 3.63) is 0 Å². The molecule has 0 aliphatic rings. The van der Waals surface area contributed by atoms with E-state index >= 15 is 0 Å². The zero-order valence-electron chi connectivity index (χ0n) is 20.3. The molecule has 0 saturated carbocycles. The Morgan fingerprint density at radius 1 is 0.714 bits per heavy atom. The van der Waals surface area contributed by atoms with Gasteiger partial charge in [0.2, 0.25) is 5.91 Å². The number of hydrogen-bond donors (Lipinski definition) is 2. The number of nitrogens with one attached hydrogen (secondary N) is 1. The molecular weight excluding hydrogens is 484 g/mol. The normalized spacial score (nSPS) is 12.7. The summed E-state index contributed by atoms with van der Waals surface area (Å²) in [6.07, 6.45) is 2.55. The summed E-state index contributed by atoms with van der Waals surface area (Å²) in [4.78, 5) is 43.5. The van der Waals surface area contributed by atoms with Crippen molar-refractivity contribution < 1.29 is 47.6 Å². The van der Waals surface area contributed by atoms with Crippen molar-refractivity contribution in [1.82, 2.24) is 5.32 Å². The largest absolute Gasteiger partial charge is 0.379 e. The fourth-order valence-corrected chi connectivity index (χ4v) is 3.28. The second-order valence-electron chi connectivity index (χ2n) is 6.94. The number of nitrogens with two attached hydrogens (primary N) is 1. The molecule has 0 saturated heterocycles. The molecule has 0 rings (SSSR count). The van der Waals surface area contributed by atoms with Crippen LogP contribution in [0.15, 0.2) is 0 Å². The van der Waals surface area contributed by atoms with E-state index in [1.54, 1.807) is 0 Å². The van der Waals surface area contributed by atoms with Crippen molar-refractivity contribution in [3.63, 3.8) is 0 Å². The molecule has 35 heavy (non-hydrogen) atoms. The fourth-order valence-electron chi connectivity index (χ4n) is 2.30. The van der Waals surface area contributed by atoms with E-state index in [1.807, 2.05) is 0 Å². The van der Waals surface area contributed by atoms with Crippen molar-refractivity contribution in [3.8, 4) is 0 Å². The van der Waals surface area contributed by atoms with Gasteiger partial charge in [-0.3, -0.25) is 4.79 Å². The van der Waals surface area contributed by atoms with Gasteiger partial charge in [-0.05, 0) is 0 Å². The number of carbonyl (C=O) groups excluding carboxylic acids is 4. The zero-order valence-corrected chi connectivity index (χ0v) is 21.1. The van der Waals surface area contributed by atoms with Gasteiger partial charge >= 0.3 is 0 Å². The van der Waals surface area contributed by atoms with Gasteiger partial charge in [0.05, 0.1) is 90.6 Å². The summed E-state index contributed by atoms with van der Waals surface area (Å²) in [5.41, 5.74) is 5.51. The molecule has 1 amide bonds. The number of ether oxygens (including phenoxy) is 6. The highest BCUT2D eigenvalue weighted by molar-refractivity contribution is 8.00. The summed E-state index contributed by atoms with van der Waals surface area (Å²) in [5.74, 6) is -0.0118. The summed E-state index contributed by atoms with van der Waals surface area (Å²) in [5, 5.41) is 2.12. The smallest absolute Gasteiger partial charge is 0.233 e. The van der Waals surface area contributed by atoms with Gasteiger partial charge in [-0.2, -0.15) is 0 Å². The summed E-state index contributed by atoms with van der Waals surface area (Å²) in [6, 6.07) is -0.660. The van der Waals surface area contributed by atoms with Gasteiger partial charge in [-0.15, -0.1) is 11.8 Å². The topological polar surface area (TPSA) is 162 Å². The second kappa shape index (κ2) is 27.1. The Kier molecular flexibility index (Phi) is 26.0. The third-order valence-electron chi connectivity index (χ3n) is 4.05. The number of thioether (sulfide) groups is 1. The molecule has 12 nitrogen and oxygen atoms in total. The van der Waals surface area contributed by atoms with Crippen molar-refractivity contribution in [2.45, 2.75) is 24.1 Å². The summed E-state index contributed by atoms with van der Waals surface area (Å²) >= 11 is 1.18. The lowest BCUT2D eigenvalue weighted by Gasteiger charge is -2.15. The molecule has 0 bridgehead atoms. The summed E-state index contributed by atoms with van der Waals surface area (Å²) in [7, 11) is 0. The lowest BCUT2D eigenvalue weighted by Crippen LogP contribution is -2.36. The van der Waals surface area contributed by atoms with E-state index in [2.05, 4.69) is 5.32 Å². The molecular formula is C22H40N2O10S. The molecule has 0 radical (unpaired) electrons. The van der Waals surface area contributed by atoms with Gasteiger partial charge in [-0.25, -0.2) is 0 Å². The van der Waals surface area contributed by atoms with Gasteiger partial charge < -0.3 is 53.9 Å². The van der Waals surface area contributed by atoms with Crippen molar-refractivity contribution in [1.29, 1.82) is 0 Å². The average Bonchev–Trinajstić information content (AvgIpc) is 2.87. The number of amides is 1. The average molecular weight is 525 g/mol. The van der Waals surface area contributed by atoms with Crippen LogP contribution in [0.4, 0.5) is 0 Å². The Hall–Kier alpha value is -1.45. The van der Waals surface area contributed by atoms with Crippen LogP contribution in [0.25, 0.3) is 0 Å². The van der Waals surface area contributed by atoms with E-state index in [1.165, 1.54) is 11.8 Å². The molecule has 0 aromatic heterocycles. The van der Waals surface area contributed by atoms with Crippen LogP contribution in [-0.2, 0) is 47.6 Å². The first-order valence-electron chi connectivity index (χ1n) is 11.6. The van der Waals surface area contributed by atoms with Crippen LogP contribution in [0.1, 0.15) is 12.8 Å². The molecule has 0 spiro atoms. The number of hydrogen-bond acceptors (Lipinski definition) is 12. The Bertz CT molecular complexity index is 530. The molecule has 204 valence electrons. The van der Waals surface area contributed by atoms with Crippen LogP contribution in [0.3, 0.4) is 0 Å². The van der Waals surface area contributed by atoms with Gasteiger partial charge in [-0.1, -0.05) is 0 Å². The molecule has 0 aromatic carbocycles. The number of aldehydes is 3. The lowest BCUT2D eigenvalue weighted by molar-refractivity contribution is -0.122. The molecule has 2 atom stereocenters. The van der Waals surface area contributed by atoms with Crippen LogP contribution in [0, 0.1) is 0 Å². The van der Waals surface area contributed by atoms with E-state index in [-0.39, 0.29) is 18.1 Å². The van der Waals surface area contributed by atoms with Gasteiger partial charge in [0.25, 0.3) is 0 Å². The van der Waals surface area contributed by atoms with Crippen LogP contribution in [0.2, 0.25) is 0 Å². The first-order chi connectivity index (χ1) is 17.2. The van der Waals surface area contributed by atoms with Gasteiger partial charge in [0, 0.05) is 25.1 Å². The highest BCUT2D eigenvalue weighted by Gasteiger charge is 2.19. The second-order valence-corrected chi connectivity index (χ2v) is 8.18. The Morgan fingerprint density at radius 2 is 1.17 bits per heavy atom. The zero-order chi connectivity index (χ0) is 25.8. The highest BCUT2D eigenvalue weighted by atomic mass is 32.2. The van der Waals surface area contributed by atoms with Crippen LogP contribution >= 0.6 is 11.8 Å². The van der Waals surface area contributed by atoms with Gasteiger partial charge in [0.15, 0.2) is 0 Å². The van der Waals surface area contributed by atoms with Crippen molar-refractivity contribution >= 4 is 36.5 Å². The minimum atomic E-state index is -0.660. The van der Waals surface area contributed by atoms with E-state index in [9.17, 15) is 19.2 Å². The molecule has 0 fully saturated rings. The van der Waals surface area contributed by atoms with Crippen LogP contribution in [0.5, 0.6) is 0 Å². The van der Waals surface area contributed by atoms with Crippen LogP contribution < -0.4 is 11.1 Å². The maximum atomic E-state index is 12.1. The Labute approximate surface area is 211 Å². The maximum Gasteiger partial charge on any atom is 0.233 e. The SMILES string of the molecule is NC(C=O)CSC(CC=O)C(=O)NCCOCCOCCOCCOCCOCCOCCC=O. The molecule has 2 unspecified atom stereocenters. The molecule has 0 aliphatic heterocycles. The van der Waals surface area contributed by atoms with E-state index in [0.717, 1.165) is 6.29 Å². The maximum absolute atomic E-state index is 12.1. The summed E-state index contributed by atoms with van der Waals surface area (Å²) in [6.45, 7) is 5.47. The van der Waals surface area contributed by atoms with Crippen molar-refractivity contribution in [2.24, 2.45) is 5.73 Å². The lowest BCUT2D eigenvalue weighted by atomic mass is 10.3. The third kappa shape index (κ3) is 24.0. The minimum absolute atomic E-state index is 0.0558. The first-order valence-corrected chi connectivity index (χ1v) is 12.6. The molecule has 0 aliphatic carbocycles. The standard InChI is InChI=1S/C22H40N2O10S/c23-20(18-27)19-35-21(2-5-26)22(28)24-3-7-30-9-11-32-13-15-34-17-16-33-14-12-31-10-8-29-6-1-4-25/h4-5,18,20-21H,1-3,6-17,19,23H2,(H,24,28). The molecule has 3 N–H and O–H groups in total. The van der Waals surface area contributed by atoms with E-state index in [0.29, 0.717) is 105 Å². The monoisotopic (exact) mass is 524 g/mol. The minimum Gasteiger partial charge on any atom is -0.379 e. The Morgan fingerprint density at radius 3 is 1.60 bits per heavy atom. The number of carbonyl (C=O) groups is 4. The highest BCUT2D eigenvalue weighted by Crippen LogP contribution is 2.14. The van der Waals surface area contributed by atoms with E-state index in [4.69, 9.17) is 34.2 Å². The third-order valence-corrected chi connectivity index (χ3v) is 5.44. The predicted molar refractivity (Wildman–Crippen MR) is 130 cm³/mol. The molecule has 0 aromatic rings. The number of rotatable bonds is 28. The van der Waals surface area contributed by atoms with Gasteiger partial charge in [0.1, 0.15) is 18.9 Å². The Balaban J connectivity index is 3.37. The van der Waals surface area contributed by atoms with Crippen molar-refractivity contribution in [2.75, 3.05) is 91.6 Å². The molecule has 13 heteroatoms.